The van der Waals surface area contributed by atoms with Crippen LogP contribution in [0.15, 0.2) is 25.3 Å². The zero-order valence-corrected chi connectivity index (χ0v) is 23.3. The van der Waals surface area contributed by atoms with E-state index in [1.54, 1.807) is 12.2 Å². The molecule has 0 aromatic carbocycles. The Balaban J connectivity index is 0.000000642. The number of urea groups is 2. The third kappa shape index (κ3) is 7.01. The summed E-state index contributed by atoms with van der Waals surface area (Å²) in [7, 11) is 0. The fourth-order valence-corrected chi connectivity index (χ4v) is 4.61. The van der Waals surface area contributed by atoms with Crippen LogP contribution in [-0.2, 0) is 19.2 Å². The molecule has 2 fully saturated rings. The number of carbonyl (C=O) groups excluding carboxylic acids is 6. The zero-order valence-electron chi connectivity index (χ0n) is 21.1. The van der Waals surface area contributed by atoms with Crippen LogP contribution in [0.4, 0.5) is 9.59 Å². The van der Waals surface area contributed by atoms with Gasteiger partial charge in [0.2, 0.25) is 23.6 Å². The Kier molecular flexibility index (Phi) is 13.7. The van der Waals surface area contributed by atoms with Crippen LogP contribution in [0.1, 0.15) is 66.2 Å². The molecule has 2 atom stereocenters. The normalized spacial score (nSPS) is 19.9. The van der Waals surface area contributed by atoms with Crippen LogP contribution in [0.5, 0.6) is 0 Å². The van der Waals surface area contributed by atoms with Crippen LogP contribution in [0, 0.1) is 22.7 Å². The van der Waals surface area contributed by atoms with Crippen LogP contribution in [0.3, 0.4) is 0 Å². The van der Waals surface area contributed by atoms with Gasteiger partial charge in [-0.2, -0.15) is 0 Å². The number of rotatable bonds is 10. The molecule has 0 aromatic heterocycles. The number of carbonyl (C=O) groups is 6. The van der Waals surface area contributed by atoms with Gasteiger partial charge in [0.1, 0.15) is 10.8 Å². The molecular formula is C24H36CaN4O6. The Morgan fingerprint density at radius 1 is 0.657 bits per heavy atom. The summed E-state index contributed by atoms with van der Waals surface area (Å²) in [5.41, 5.74) is -2.41. The minimum absolute atomic E-state index is 0. The SMILES string of the molecule is C=CCC1(C(C)CCC)C(=O)NC(=O)NC1=O.C=CCC1(C(C)CCC)C(=O)NC(=O)NC1=O.[Ca]. The first-order valence-electron chi connectivity index (χ1n) is 11.5. The number of barbiturate groups is 2. The van der Waals surface area contributed by atoms with Gasteiger partial charge < -0.3 is 0 Å². The largest absolute Gasteiger partial charge is 0.328 e. The van der Waals surface area contributed by atoms with Gasteiger partial charge in [0.25, 0.3) is 0 Å². The molecule has 2 aliphatic heterocycles. The quantitative estimate of drug-likeness (QED) is 0.199. The number of hydrogen-bond acceptors (Lipinski definition) is 6. The molecule has 0 saturated carbocycles. The van der Waals surface area contributed by atoms with Crippen molar-refractivity contribution >= 4 is 73.4 Å². The van der Waals surface area contributed by atoms with Gasteiger partial charge in [-0.05, 0) is 37.5 Å². The van der Waals surface area contributed by atoms with Crippen LogP contribution in [0.25, 0.3) is 0 Å². The molecule has 2 radical (unpaired) electrons. The number of allylic oxidation sites excluding steroid dienone is 2. The van der Waals surface area contributed by atoms with E-state index in [0.29, 0.717) is 0 Å². The second kappa shape index (κ2) is 14.5. The molecule has 35 heavy (non-hydrogen) atoms. The van der Waals surface area contributed by atoms with Crippen molar-refractivity contribution in [2.75, 3.05) is 0 Å². The maximum Gasteiger partial charge on any atom is 0.328 e. The van der Waals surface area contributed by atoms with Gasteiger partial charge >= 0.3 is 12.1 Å². The predicted octanol–water partition coefficient (Wildman–Crippen LogP) is 2.32. The van der Waals surface area contributed by atoms with E-state index in [4.69, 9.17) is 0 Å². The third-order valence-corrected chi connectivity index (χ3v) is 6.59. The van der Waals surface area contributed by atoms with Crippen molar-refractivity contribution in [3.63, 3.8) is 0 Å². The van der Waals surface area contributed by atoms with Gasteiger partial charge in [0.05, 0.1) is 0 Å². The topological polar surface area (TPSA) is 151 Å². The fourth-order valence-electron chi connectivity index (χ4n) is 4.61. The summed E-state index contributed by atoms with van der Waals surface area (Å²) in [5.74, 6) is -2.37. The second-order valence-corrected chi connectivity index (χ2v) is 8.78. The molecule has 0 aromatic rings. The van der Waals surface area contributed by atoms with Crippen molar-refractivity contribution in [3.8, 4) is 0 Å². The molecule has 2 unspecified atom stereocenters. The van der Waals surface area contributed by atoms with E-state index >= 15 is 0 Å². The molecule has 0 bridgehead atoms. The third-order valence-electron chi connectivity index (χ3n) is 6.59. The Morgan fingerprint density at radius 2 is 0.914 bits per heavy atom. The van der Waals surface area contributed by atoms with E-state index in [-0.39, 0.29) is 62.4 Å². The van der Waals surface area contributed by atoms with E-state index < -0.39 is 46.5 Å². The van der Waals surface area contributed by atoms with Crippen molar-refractivity contribution in [1.82, 2.24) is 21.3 Å². The molecule has 2 aliphatic rings. The minimum Gasteiger partial charge on any atom is -0.277 e. The molecule has 2 heterocycles. The second-order valence-electron chi connectivity index (χ2n) is 8.78. The van der Waals surface area contributed by atoms with Gasteiger partial charge in [-0.15, -0.1) is 13.2 Å². The Hall–Kier alpha value is -2.04. The van der Waals surface area contributed by atoms with Crippen molar-refractivity contribution in [1.29, 1.82) is 0 Å². The maximum atomic E-state index is 12.0. The summed E-state index contributed by atoms with van der Waals surface area (Å²) in [6, 6.07) is -1.49. The number of nitrogens with one attached hydrogen (secondary N) is 4. The summed E-state index contributed by atoms with van der Waals surface area (Å²) in [4.78, 5) is 70.1. The summed E-state index contributed by atoms with van der Waals surface area (Å²) < 4.78 is 0. The smallest absolute Gasteiger partial charge is 0.277 e. The van der Waals surface area contributed by atoms with Gasteiger partial charge in [0.15, 0.2) is 0 Å². The predicted molar refractivity (Wildman–Crippen MR) is 132 cm³/mol. The summed E-state index contributed by atoms with van der Waals surface area (Å²) in [5, 5.41) is 8.67. The average Bonchev–Trinajstić information content (AvgIpc) is 2.74. The van der Waals surface area contributed by atoms with E-state index in [1.807, 2.05) is 27.7 Å². The first kappa shape index (κ1) is 33.0. The van der Waals surface area contributed by atoms with Crippen LogP contribution in [-0.4, -0.2) is 73.4 Å². The average molecular weight is 517 g/mol. The molecule has 11 heteroatoms. The summed E-state index contributed by atoms with van der Waals surface area (Å²) in [6.07, 6.45) is 6.77. The molecule has 190 valence electrons. The molecule has 10 nitrogen and oxygen atoms in total. The van der Waals surface area contributed by atoms with Crippen molar-refractivity contribution in [2.24, 2.45) is 22.7 Å². The number of imide groups is 4. The Morgan fingerprint density at radius 3 is 1.11 bits per heavy atom. The van der Waals surface area contributed by atoms with Gasteiger partial charge in [-0.3, -0.25) is 40.4 Å². The Bertz CT molecular complexity index is 762. The molecule has 0 aliphatic carbocycles. The maximum absolute atomic E-state index is 12.0. The molecule has 2 saturated heterocycles. The first-order chi connectivity index (χ1) is 16.0. The zero-order chi connectivity index (χ0) is 26.1. The van der Waals surface area contributed by atoms with Crippen molar-refractivity contribution in [2.45, 2.75) is 66.2 Å². The monoisotopic (exact) mass is 516 g/mol. The van der Waals surface area contributed by atoms with E-state index in [1.165, 1.54) is 0 Å². The molecular weight excluding hydrogens is 480 g/mol. The number of amides is 8. The van der Waals surface area contributed by atoms with Gasteiger partial charge in [-0.1, -0.05) is 52.7 Å². The van der Waals surface area contributed by atoms with Crippen LogP contribution < -0.4 is 21.3 Å². The number of hydrogen-bond donors (Lipinski definition) is 4. The first-order valence-corrected chi connectivity index (χ1v) is 11.5. The Labute approximate surface area is 236 Å². The molecule has 2 rings (SSSR count). The van der Waals surface area contributed by atoms with E-state index in [0.717, 1.165) is 25.7 Å². The fraction of sp³-hybridized carbons (Fsp3) is 0.583. The van der Waals surface area contributed by atoms with Crippen molar-refractivity contribution in [3.05, 3.63) is 25.3 Å². The van der Waals surface area contributed by atoms with Crippen LogP contribution >= 0.6 is 0 Å². The molecule has 0 spiro atoms. The summed E-state index contributed by atoms with van der Waals surface area (Å²) >= 11 is 0. The van der Waals surface area contributed by atoms with E-state index in [2.05, 4.69) is 34.4 Å². The summed E-state index contributed by atoms with van der Waals surface area (Å²) in [6.45, 7) is 14.8. The van der Waals surface area contributed by atoms with Crippen LogP contribution in [0.2, 0.25) is 0 Å². The minimum atomic E-state index is -1.20. The van der Waals surface area contributed by atoms with Gasteiger partial charge in [0, 0.05) is 37.7 Å². The standard InChI is InChI=1S/2C12H18N2O3.Ca/c2*1-4-6-8(3)12(7-5-2)9(15)13-11(17)14-10(12)16;/h2*5,8H,2,4,6-7H2,1,3H3,(H2,13,14,15,16,17);. The van der Waals surface area contributed by atoms with Crippen molar-refractivity contribution < 1.29 is 28.8 Å². The molecule has 4 N–H and O–H groups in total. The van der Waals surface area contributed by atoms with Gasteiger partial charge in [-0.25, -0.2) is 9.59 Å². The van der Waals surface area contributed by atoms with E-state index in [9.17, 15) is 28.8 Å². The molecule has 8 amide bonds.